The summed E-state index contributed by atoms with van der Waals surface area (Å²) in [4.78, 5) is 16.2. The minimum Gasteiger partial charge on any atom is -0.406 e. The molecule has 2 rings (SSSR count). The Bertz CT molecular complexity index is 618. The van der Waals surface area contributed by atoms with Gasteiger partial charge in [0.1, 0.15) is 5.75 Å². The molecule has 0 unspecified atom stereocenters. The van der Waals surface area contributed by atoms with E-state index in [0.717, 1.165) is 18.6 Å². The summed E-state index contributed by atoms with van der Waals surface area (Å²) in [6.45, 7) is 2.62. The molecule has 0 saturated carbocycles. The van der Waals surface area contributed by atoms with Gasteiger partial charge < -0.3 is 9.30 Å². The number of nitrogens with zero attached hydrogens (tertiary/aromatic N) is 2. The lowest BCUT2D eigenvalue weighted by Gasteiger charge is -2.09. The van der Waals surface area contributed by atoms with Crippen LogP contribution in [0.4, 0.5) is 13.2 Å². The number of carbonyl (C=O) groups is 1. The summed E-state index contributed by atoms with van der Waals surface area (Å²) in [7, 11) is 0. The summed E-state index contributed by atoms with van der Waals surface area (Å²) in [6.07, 6.45) is -0.695. The van der Waals surface area contributed by atoms with Crippen LogP contribution >= 0.6 is 0 Å². The highest BCUT2D eigenvalue weighted by molar-refractivity contribution is 6.06. The molecule has 7 heteroatoms. The van der Waals surface area contributed by atoms with Crippen LogP contribution in [0, 0.1) is 0 Å². The summed E-state index contributed by atoms with van der Waals surface area (Å²) in [5.74, 6) is -0.440. The molecular weight excluding hydrogens is 285 g/mol. The molecule has 21 heavy (non-hydrogen) atoms. The number of aryl methyl sites for hydroxylation is 1. The Morgan fingerprint density at radius 1 is 1.29 bits per heavy atom. The summed E-state index contributed by atoms with van der Waals surface area (Å²) in [5.41, 5.74) is 0.257. The lowest BCUT2D eigenvalue weighted by Crippen LogP contribution is -2.17. The van der Waals surface area contributed by atoms with E-state index < -0.39 is 6.36 Å². The molecule has 1 aromatic carbocycles. The van der Waals surface area contributed by atoms with E-state index in [1.54, 1.807) is 10.8 Å². The van der Waals surface area contributed by atoms with Gasteiger partial charge in [-0.2, -0.15) is 0 Å². The van der Waals surface area contributed by atoms with E-state index in [1.807, 2.05) is 6.92 Å². The van der Waals surface area contributed by atoms with Crippen LogP contribution in [0.3, 0.4) is 0 Å². The second-order valence-corrected chi connectivity index (χ2v) is 4.35. The average molecular weight is 298 g/mol. The first-order valence-electron chi connectivity index (χ1n) is 6.32. The Kier molecular flexibility index (Phi) is 4.30. The highest BCUT2D eigenvalue weighted by atomic mass is 19.4. The average Bonchev–Trinajstić information content (AvgIpc) is 2.86. The van der Waals surface area contributed by atoms with E-state index >= 15 is 0 Å². The summed E-state index contributed by atoms with van der Waals surface area (Å²) in [6, 6.07) is 4.78. The third-order valence-corrected chi connectivity index (χ3v) is 2.73. The first kappa shape index (κ1) is 15.1. The van der Waals surface area contributed by atoms with Crippen LogP contribution in [0.1, 0.15) is 29.5 Å². The molecule has 0 atom stereocenters. The number of benzene rings is 1. The summed E-state index contributed by atoms with van der Waals surface area (Å²) in [5, 5.41) is 0. The molecule has 0 spiro atoms. The van der Waals surface area contributed by atoms with Gasteiger partial charge in [0, 0.05) is 24.5 Å². The Hall–Kier alpha value is -2.31. The summed E-state index contributed by atoms with van der Waals surface area (Å²) >= 11 is 0. The molecule has 1 aromatic heterocycles. The maximum absolute atomic E-state index is 12.3. The van der Waals surface area contributed by atoms with Crippen LogP contribution in [-0.2, 0) is 6.54 Å². The molecule has 0 fully saturated rings. The van der Waals surface area contributed by atoms with Crippen LogP contribution in [0.15, 0.2) is 36.7 Å². The number of imidazole rings is 1. The molecular formula is C14H13F3N2O2. The quantitative estimate of drug-likeness (QED) is 0.794. The summed E-state index contributed by atoms with van der Waals surface area (Å²) < 4.78 is 41.6. The Morgan fingerprint density at radius 3 is 2.52 bits per heavy atom. The molecule has 0 saturated heterocycles. The van der Waals surface area contributed by atoms with Crippen molar-refractivity contribution in [3.63, 3.8) is 0 Å². The molecule has 0 radical (unpaired) electrons. The zero-order chi connectivity index (χ0) is 15.5. The van der Waals surface area contributed by atoms with E-state index in [9.17, 15) is 18.0 Å². The second-order valence-electron chi connectivity index (χ2n) is 4.35. The van der Waals surface area contributed by atoms with Crippen molar-refractivity contribution in [1.82, 2.24) is 9.55 Å². The number of rotatable bonds is 5. The van der Waals surface area contributed by atoms with Crippen molar-refractivity contribution in [3.05, 3.63) is 48.0 Å². The van der Waals surface area contributed by atoms with Gasteiger partial charge >= 0.3 is 6.36 Å². The van der Waals surface area contributed by atoms with Crippen molar-refractivity contribution >= 4 is 5.78 Å². The number of hydrogen-bond donors (Lipinski definition) is 0. The SMILES string of the molecule is CCCn1ccnc1C(=O)c1ccc(OC(F)(F)F)cc1. The molecule has 0 amide bonds. The fourth-order valence-corrected chi connectivity index (χ4v) is 1.88. The smallest absolute Gasteiger partial charge is 0.406 e. The van der Waals surface area contributed by atoms with Gasteiger partial charge in [-0.25, -0.2) is 4.98 Å². The first-order valence-corrected chi connectivity index (χ1v) is 6.32. The van der Waals surface area contributed by atoms with Gasteiger partial charge in [0.25, 0.3) is 0 Å². The molecule has 0 aliphatic heterocycles. The Balaban J connectivity index is 2.18. The van der Waals surface area contributed by atoms with Crippen molar-refractivity contribution in [2.24, 2.45) is 0 Å². The van der Waals surface area contributed by atoms with Crippen LogP contribution in [0.5, 0.6) is 5.75 Å². The standard InChI is InChI=1S/C14H13F3N2O2/c1-2-8-19-9-7-18-13(19)12(20)10-3-5-11(6-4-10)21-14(15,16)17/h3-7,9H,2,8H2,1H3. The number of aromatic nitrogens is 2. The first-order chi connectivity index (χ1) is 9.90. The highest BCUT2D eigenvalue weighted by Gasteiger charge is 2.31. The maximum Gasteiger partial charge on any atom is 0.573 e. The molecule has 0 N–H and O–H groups in total. The van der Waals surface area contributed by atoms with E-state index in [1.165, 1.54) is 18.3 Å². The maximum atomic E-state index is 12.3. The molecule has 0 aliphatic carbocycles. The number of ether oxygens (including phenoxy) is 1. The normalized spacial score (nSPS) is 11.4. The van der Waals surface area contributed by atoms with E-state index in [2.05, 4.69) is 9.72 Å². The number of halogens is 3. The lowest BCUT2D eigenvalue weighted by atomic mass is 10.1. The van der Waals surface area contributed by atoms with Crippen molar-refractivity contribution in [2.45, 2.75) is 26.3 Å². The van der Waals surface area contributed by atoms with Gasteiger partial charge in [-0.05, 0) is 30.7 Å². The fourth-order valence-electron chi connectivity index (χ4n) is 1.88. The molecule has 1 heterocycles. The van der Waals surface area contributed by atoms with Gasteiger partial charge in [-0.1, -0.05) is 6.92 Å². The number of alkyl halides is 3. The van der Waals surface area contributed by atoms with Gasteiger partial charge in [-0.15, -0.1) is 13.2 Å². The topological polar surface area (TPSA) is 44.1 Å². The highest BCUT2D eigenvalue weighted by Crippen LogP contribution is 2.23. The molecule has 2 aromatic rings. The van der Waals surface area contributed by atoms with Gasteiger partial charge in [0.05, 0.1) is 0 Å². The molecule has 4 nitrogen and oxygen atoms in total. The van der Waals surface area contributed by atoms with Gasteiger partial charge in [-0.3, -0.25) is 4.79 Å². The molecule has 112 valence electrons. The lowest BCUT2D eigenvalue weighted by molar-refractivity contribution is -0.274. The number of ketones is 1. The Morgan fingerprint density at radius 2 is 1.95 bits per heavy atom. The van der Waals surface area contributed by atoms with E-state index in [-0.39, 0.29) is 22.9 Å². The largest absolute Gasteiger partial charge is 0.573 e. The number of carbonyl (C=O) groups excluding carboxylic acids is 1. The van der Waals surface area contributed by atoms with Gasteiger partial charge in [0.2, 0.25) is 5.78 Å². The third kappa shape index (κ3) is 3.84. The minimum absolute atomic E-state index is 0.257. The van der Waals surface area contributed by atoms with Crippen LogP contribution in [-0.4, -0.2) is 21.7 Å². The van der Waals surface area contributed by atoms with Crippen molar-refractivity contribution in [1.29, 1.82) is 0 Å². The molecule has 0 aliphatic rings. The van der Waals surface area contributed by atoms with Crippen molar-refractivity contribution < 1.29 is 22.7 Å². The monoisotopic (exact) mass is 298 g/mol. The van der Waals surface area contributed by atoms with Crippen LogP contribution in [0.25, 0.3) is 0 Å². The fraction of sp³-hybridized carbons (Fsp3) is 0.286. The third-order valence-electron chi connectivity index (χ3n) is 2.73. The van der Waals surface area contributed by atoms with Crippen LogP contribution < -0.4 is 4.74 Å². The zero-order valence-corrected chi connectivity index (χ0v) is 11.2. The van der Waals surface area contributed by atoms with Crippen LogP contribution in [0.2, 0.25) is 0 Å². The predicted octanol–water partition coefficient (Wildman–Crippen LogP) is 3.42. The number of hydrogen-bond acceptors (Lipinski definition) is 3. The Labute approximate surface area is 119 Å². The van der Waals surface area contributed by atoms with E-state index in [0.29, 0.717) is 6.54 Å². The van der Waals surface area contributed by atoms with Crippen molar-refractivity contribution in [2.75, 3.05) is 0 Å². The predicted molar refractivity (Wildman–Crippen MR) is 69.1 cm³/mol. The zero-order valence-electron chi connectivity index (χ0n) is 11.2. The molecule has 0 bridgehead atoms. The van der Waals surface area contributed by atoms with E-state index in [4.69, 9.17) is 0 Å². The van der Waals surface area contributed by atoms with Crippen molar-refractivity contribution in [3.8, 4) is 5.75 Å². The second kappa shape index (κ2) is 5.99. The van der Waals surface area contributed by atoms with Gasteiger partial charge in [0.15, 0.2) is 5.82 Å². The minimum atomic E-state index is -4.75.